The Morgan fingerprint density at radius 2 is 2.36 bits per heavy atom. The van der Waals surface area contributed by atoms with Crippen molar-refractivity contribution in [2.24, 2.45) is 0 Å². The Morgan fingerprint density at radius 3 is 2.93 bits per heavy atom. The van der Waals surface area contributed by atoms with Gasteiger partial charge in [0, 0.05) is 21.5 Å². The van der Waals surface area contributed by atoms with E-state index in [0.717, 1.165) is 23.0 Å². The molecule has 0 aromatic carbocycles. The van der Waals surface area contributed by atoms with E-state index in [2.05, 4.69) is 21.2 Å². The van der Waals surface area contributed by atoms with Crippen molar-refractivity contribution in [2.75, 3.05) is 6.54 Å². The minimum absolute atomic E-state index is 0.231. The molecule has 4 heteroatoms. The smallest absolute Gasteiger partial charge is 0.0961 e. The van der Waals surface area contributed by atoms with Crippen molar-refractivity contribution in [1.29, 1.82) is 0 Å². The number of aliphatic hydroxyl groups excluding tert-OH is 1. The van der Waals surface area contributed by atoms with Crippen LogP contribution in [0.3, 0.4) is 0 Å². The molecule has 1 aliphatic rings. The van der Waals surface area contributed by atoms with E-state index in [0.29, 0.717) is 0 Å². The summed E-state index contributed by atoms with van der Waals surface area (Å²) in [6.07, 6.45) is 3.16. The van der Waals surface area contributed by atoms with Crippen LogP contribution in [0.1, 0.15) is 30.9 Å². The molecule has 0 aliphatic carbocycles. The molecule has 14 heavy (non-hydrogen) atoms. The Balaban J connectivity index is 2.07. The summed E-state index contributed by atoms with van der Waals surface area (Å²) in [6, 6.07) is 0.231. The van der Waals surface area contributed by atoms with Gasteiger partial charge in [0.05, 0.1) is 6.10 Å². The van der Waals surface area contributed by atoms with Gasteiger partial charge in [-0.15, -0.1) is 0 Å². The molecular formula is C10H14BrNOS. The fraction of sp³-hybridized carbons (Fsp3) is 0.600. The summed E-state index contributed by atoms with van der Waals surface area (Å²) < 4.78 is 1.03. The molecule has 1 fully saturated rings. The van der Waals surface area contributed by atoms with E-state index in [-0.39, 0.29) is 12.1 Å². The molecule has 2 N–H and O–H groups in total. The van der Waals surface area contributed by atoms with Crippen molar-refractivity contribution in [3.8, 4) is 0 Å². The van der Waals surface area contributed by atoms with Gasteiger partial charge in [-0.05, 0) is 40.7 Å². The van der Waals surface area contributed by atoms with Gasteiger partial charge in [-0.3, -0.25) is 0 Å². The molecule has 2 heterocycles. The number of piperidine rings is 1. The Labute approximate surface area is 96.5 Å². The number of halogens is 1. The van der Waals surface area contributed by atoms with Crippen LogP contribution in [-0.2, 0) is 0 Å². The number of thiophene rings is 1. The fourth-order valence-corrected chi connectivity index (χ4v) is 3.43. The molecule has 1 aliphatic heterocycles. The second-order valence-corrected chi connectivity index (χ2v) is 5.27. The van der Waals surface area contributed by atoms with Gasteiger partial charge in [0.2, 0.25) is 0 Å². The molecule has 78 valence electrons. The Morgan fingerprint density at radius 1 is 1.50 bits per heavy atom. The third-order valence-electron chi connectivity index (χ3n) is 2.69. The quantitative estimate of drug-likeness (QED) is 0.870. The SMILES string of the molecule is OC(c1cscc1Br)C1CCCCN1. The lowest BCUT2D eigenvalue weighted by atomic mass is 9.96. The highest BCUT2D eigenvalue weighted by Gasteiger charge is 2.24. The van der Waals surface area contributed by atoms with E-state index in [1.165, 1.54) is 12.8 Å². The van der Waals surface area contributed by atoms with E-state index in [4.69, 9.17) is 0 Å². The summed E-state index contributed by atoms with van der Waals surface area (Å²) in [7, 11) is 0. The maximum atomic E-state index is 10.1. The first-order valence-corrected chi connectivity index (χ1v) is 6.65. The average molecular weight is 276 g/mol. The van der Waals surface area contributed by atoms with E-state index in [1.54, 1.807) is 11.3 Å². The van der Waals surface area contributed by atoms with Crippen LogP contribution in [0.25, 0.3) is 0 Å². The van der Waals surface area contributed by atoms with Gasteiger partial charge in [0.25, 0.3) is 0 Å². The Bertz CT molecular complexity index is 296. The fourth-order valence-electron chi connectivity index (χ4n) is 1.87. The predicted octanol–water partition coefficient (Wildman–Crippen LogP) is 2.69. The number of hydrogen-bond acceptors (Lipinski definition) is 3. The van der Waals surface area contributed by atoms with Crippen LogP contribution >= 0.6 is 27.3 Å². The third-order valence-corrected chi connectivity index (χ3v) is 4.44. The number of nitrogens with one attached hydrogen (secondary N) is 1. The van der Waals surface area contributed by atoms with Crippen molar-refractivity contribution >= 4 is 27.3 Å². The van der Waals surface area contributed by atoms with Crippen molar-refractivity contribution in [3.05, 3.63) is 20.8 Å². The van der Waals surface area contributed by atoms with E-state index >= 15 is 0 Å². The topological polar surface area (TPSA) is 32.3 Å². The van der Waals surface area contributed by atoms with Gasteiger partial charge in [-0.2, -0.15) is 11.3 Å². The second kappa shape index (κ2) is 4.75. The van der Waals surface area contributed by atoms with Crippen LogP contribution in [-0.4, -0.2) is 17.7 Å². The molecule has 0 radical (unpaired) electrons. The summed E-state index contributed by atoms with van der Waals surface area (Å²) in [5, 5.41) is 17.5. The molecule has 0 amide bonds. The maximum absolute atomic E-state index is 10.1. The van der Waals surface area contributed by atoms with Crippen LogP contribution in [0.15, 0.2) is 15.2 Å². The van der Waals surface area contributed by atoms with Crippen LogP contribution in [0, 0.1) is 0 Å². The summed E-state index contributed by atoms with van der Waals surface area (Å²) >= 11 is 5.08. The number of aliphatic hydroxyl groups is 1. The molecule has 0 bridgehead atoms. The summed E-state index contributed by atoms with van der Waals surface area (Å²) in [6.45, 7) is 1.03. The molecule has 0 spiro atoms. The highest BCUT2D eigenvalue weighted by atomic mass is 79.9. The standard InChI is InChI=1S/C10H14BrNOS/c11-8-6-14-5-7(8)10(13)9-3-1-2-4-12-9/h5-6,9-10,12-13H,1-4H2. The average Bonchev–Trinajstić information content (AvgIpc) is 2.65. The molecule has 1 aromatic rings. The molecule has 2 rings (SSSR count). The molecule has 2 unspecified atom stereocenters. The Kier molecular flexibility index (Phi) is 3.60. The van der Waals surface area contributed by atoms with Crippen molar-refractivity contribution in [3.63, 3.8) is 0 Å². The van der Waals surface area contributed by atoms with Crippen LogP contribution < -0.4 is 5.32 Å². The highest BCUT2D eigenvalue weighted by Crippen LogP contribution is 2.31. The lowest BCUT2D eigenvalue weighted by molar-refractivity contribution is 0.113. The predicted molar refractivity (Wildman–Crippen MR) is 62.6 cm³/mol. The summed E-state index contributed by atoms with van der Waals surface area (Å²) in [5.74, 6) is 0. The van der Waals surface area contributed by atoms with Gasteiger partial charge in [-0.1, -0.05) is 6.42 Å². The number of rotatable bonds is 2. The van der Waals surface area contributed by atoms with Gasteiger partial charge in [-0.25, -0.2) is 0 Å². The normalized spacial score (nSPS) is 24.9. The maximum Gasteiger partial charge on any atom is 0.0961 e. The van der Waals surface area contributed by atoms with Gasteiger partial charge in [0.15, 0.2) is 0 Å². The van der Waals surface area contributed by atoms with Crippen LogP contribution in [0.2, 0.25) is 0 Å². The third kappa shape index (κ3) is 2.19. The van der Waals surface area contributed by atoms with Crippen molar-refractivity contribution in [2.45, 2.75) is 31.4 Å². The first-order valence-electron chi connectivity index (χ1n) is 4.92. The molecule has 2 nitrogen and oxygen atoms in total. The van der Waals surface area contributed by atoms with E-state index in [9.17, 15) is 5.11 Å². The summed E-state index contributed by atoms with van der Waals surface area (Å²) in [4.78, 5) is 0. The van der Waals surface area contributed by atoms with Crippen LogP contribution in [0.4, 0.5) is 0 Å². The first-order chi connectivity index (χ1) is 6.79. The van der Waals surface area contributed by atoms with Crippen molar-refractivity contribution < 1.29 is 5.11 Å². The largest absolute Gasteiger partial charge is 0.387 e. The zero-order valence-corrected chi connectivity index (χ0v) is 10.3. The second-order valence-electron chi connectivity index (χ2n) is 3.68. The molecule has 2 atom stereocenters. The molecular weight excluding hydrogens is 262 g/mol. The zero-order valence-electron chi connectivity index (χ0n) is 7.87. The van der Waals surface area contributed by atoms with E-state index < -0.39 is 0 Å². The van der Waals surface area contributed by atoms with Gasteiger partial charge >= 0.3 is 0 Å². The van der Waals surface area contributed by atoms with Gasteiger partial charge < -0.3 is 10.4 Å². The van der Waals surface area contributed by atoms with Gasteiger partial charge in [0.1, 0.15) is 0 Å². The Hall–Kier alpha value is 0.1000. The zero-order chi connectivity index (χ0) is 9.97. The lowest BCUT2D eigenvalue weighted by Gasteiger charge is -2.27. The minimum Gasteiger partial charge on any atom is -0.387 e. The molecule has 1 aromatic heterocycles. The highest BCUT2D eigenvalue weighted by molar-refractivity contribution is 9.10. The first kappa shape index (κ1) is 10.6. The minimum atomic E-state index is -0.365. The number of hydrogen-bond donors (Lipinski definition) is 2. The molecule has 0 saturated carbocycles. The lowest BCUT2D eigenvalue weighted by Crippen LogP contribution is -2.38. The summed E-state index contributed by atoms with van der Waals surface area (Å²) in [5.41, 5.74) is 1.02. The van der Waals surface area contributed by atoms with E-state index in [1.807, 2.05) is 10.8 Å². The van der Waals surface area contributed by atoms with Crippen molar-refractivity contribution in [1.82, 2.24) is 5.32 Å². The molecule has 1 saturated heterocycles. The monoisotopic (exact) mass is 275 g/mol. The van der Waals surface area contributed by atoms with Crippen LogP contribution in [0.5, 0.6) is 0 Å².